The summed E-state index contributed by atoms with van der Waals surface area (Å²) in [6.45, 7) is 0.711. The second kappa shape index (κ2) is 6.24. The highest BCUT2D eigenvalue weighted by atomic mass is 32.2. The molecule has 0 spiro atoms. The van der Waals surface area contributed by atoms with Crippen LogP contribution in [0.5, 0.6) is 5.75 Å². The summed E-state index contributed by atoms with van der Waals surface area (Å²) in [7, 11) is 1.65. The fraction of sp³-hybridized carbons (Fsp3) is 0.211. The number of benzene rings is 2. The topological polar surface area (TPSA) is 42.7 Å². The van der Waals surface area contributed by atoms with Gasteiger partial charge in [0.15, 0.2) is 5.76 Å². The van der Waals surface area contributed by atoms with Gasteiger partial charge in [-0.3, -0.25) is 4.79 Å². The van der Waals surface area contributed by atoms with Crippen molar-refractivity contribution in [2.75, 3.05) is 19.4 Å². The molecule has 5 heteroatoms. The molecule has 1 unspecified atom stereocenters. The maximum Gasteiger partial charge on any atom is 0.290 e. The lowest BCUT2D eigenvalue weighted by Gasteiger charge is -2.23. The van der Waals surface area contributed by atoms with E-state index in [0.717, 1.165) is 28.0 Å². The zero-order valence-electron chi connectivity index (χ0n) is 13.3. The molecule has 1 fully saturated rings. The first kappa shape index (κ1) is 15.1. The SMILES string of the molecule is COc1cccc(C2SCCN2C(=O)c2cc3ccccc3o2)c1. The van der Waals surface area contributed by atoms with Gasteiger partial charge in [0.2, 0.25) is 0 Å². The number of hydrogen-bond acceptors (Lipinski definition) is 4. The molecule has 0 bridgehead atoms. The van der Waals surface area contributed by atoms with Crippen LogP contribution >= 0.6 is 11.8 Å². The Morgan fingerprint density at radius 3 is 2.92 bits per heavy atom. The average Bonchev–Trinajstić information content (AvgIpc) is 3.28. The summed E-state index contributed by atoms with van der Waals surface area (Å²) >= 11 is 1.76. The smallest absolute Gasteiger partial charge is 0.290 e. The molecule has 24 heavy (non-hydrogen) atoms. The van der Waals surface area contributed by atoms with Gasteiger partial charge in [-0.25, -0.2) is 0 Å². The molecule has 1 saturated heterocycles. The van der Waals surface area contributed by atoms with E-state index in [1.165, 1.54) is 0 Å². The highest BCUT2D eigenvalue weighted by Gasteiger charge is 2.33. The highest BCUT2D eigenvalue weighted by molar-refractivity contribution is 7.99. The Kier molecular flexibility index (Phi) is 3.94. The summed E-state index contributed by atoms with van der Waals surface area (Å²) in [5, 5.41) is 0.937. The molecule has 122 valence electrons. The minimum Gasteiger partial charge on any atom is -0.497 e. The molecule has 0 saturated carbocycles. The minimum absolute atomic E-state index is 0.0131. The normalized spacial score (nSPS) is 17.4. The predicted molar refractivity (Wildman–Crippen MR) is 95.4 cm³/mol. The second-order valence-electron chi connectivity index (χ2n) is 5.65. The van der Waals surface area contributed by atoms with Crippen molar-refractivity contribution in [2.45, 2.75) is 5.37 Å². The van der Waals surface area contributed by atoms with Crippen LogP contribution in [0.1, 0.15) is 21.5 Å². The number of hydrogen-bond donors (Lipinski definition) is 0. The fourth-order valence-electron chi connectivity index (χ4n) is 2.98. The van der Waals surface area contributed by atoms with Crippen LogP contribution < -0.4 is 4.74 Å². The zero-order chi connectivity index (χ0) is 16.5. The van der Waals surface area contributed by atoms with Crippen molar-refractivity contribution in [1.29, 1.82) is 0 Å². The largest absolute Gasteiger partial charge is 0.497 e. The van der Waals surface area contributed by atoms with Crippen LogP contribution in [0, 0.1) is 0 Å². The number of amides is 1. The van der Waals surface area contributed by atoms with Gasteiger partial charge in [-0.1, -0.05) is 30.3 Å². The fourth-order valence-corrected chi connectivity index (χ4v) is 4.22. The molecule has 4 nitrogen and oxygen atoms in total. The Morgan fingerprint density at radius 2 is 2.08 bits per heavy atom. The Morgan fingerprint density at radius 1 is 1.21 bits per heavy atom. The summed E-state index contributed by atoms with van der Waals surface area (Å²) in [5.74, 6) is 2.04. The molecular weight excluding hydrogens is 322 g/mol. The number of ether oxygens (including phenoxy) is 1. The van der Waals surface area contributed by atoms with Crippen molar-refractivity contribution in [3.63, 3.8) is 0 Å². The quantitative estimate of drug-likeness (QED) is 0.712. The summed E-state index contributed by atoms with van der Waals surface area (Å²) in [6, 6.07) is 17.4. The van der Waals surface area contributed by atoms with Gasteiger partial charge in [-0.15, -0.1) is 11.8 Å². The Hall–Kier alpha value is -2.40. The van der Waals surface area contributed by atoms with Crippen LogP contribution in [0.4, 0.5) is 0 Å². The van der Waals surface area contributed by atoms with E-state index < -0.39 is 0 Å². The lowest BCUT2D eigenvalue weighted by atomic mass is 10.2. The molecule has 0 aliphatic carbocycles. The van der Waals surface area contributed by atoms with Gasteiger partial charge in [0, 0.05) is 17.7 Å². The van der Waals surface area contributed by atoms with Gasteiger partial charge in [-0.05, 0) is 29.8 Å². The molecule has 0 radical (unpaired) electrons. The lowest BCUT2D eigenvalue weighted by molar-refractivity contribution is 0.0730. The van der Waals surface area contributed by atoms with Gasteiger partial charge >= 0.3 is 0 Å². The molecular formula is C19H17NO3S. The Bertz CT molecular complexity index is 856. The van der Waals surface area contributed by atoms with Crippen LogP contribution in [0.15, 0.2) is 59.0 Å². The molecule has 0 N–H and O–H groups in total. The maximum atomic E-state index is 12.9. The molecule has 1 amide bonds. The zero-order valence-corrected chi connectivity index (χ0v) is 14.1. The number of methoxy groups -OCH3 is 1. The van der Waals surface area contributed by atoms with Crippen LogP contribution in [0.2, 0.25) is 0 Å². The highest BCUT2D eigenvalue weighted by Crippen LogP contribution is 2.40. The monoisotopic (exact) mass is 339 g/mol. The maximum absolute atomic E-state index is 12.9. The first-order valence-corrected chi connectivity index (χ1v) is 8.86. The van der Waals surface area contributed by atoms with Crippen molar-refractivity contribution >= 4 is 28.6 Å². The Labute approximate surface area is 144 Å². The second-order valence-corrected chi connectivity index (χ2v) is 6.83. The number of para-hydroxylation sites is 1. The molecule has 1 aromatic heterocycles. The summed E-state index contributed by atoms with van der Waals surface area (Å²) < 4.78 is 11.0. The van der Waals surface area contributed by atoms with Gasteiger partial charge in [0.1, 0.15) is 16.7 Å². The van der Waals surface area contributed by atoms with E-state index in [0.29, 0.717) is 12.3 Å². The third kappa shape index (κ3) is 2.65. The standard InChI is InChI=1S/C19H17NO3S/c1-22-15-7-4-6-14(11-15)19-20(9-10-24-19)18(21)17-12-13-5-2-3-8-16(13)23-17/h2-8,11-12,19H,9-10H2,1H3. The first-order valence-electron chi connectivity index (χ1n) is 7.81. The number of carbonyl (C=O) groups is 1. The van der Waals surface area contributed by atoms with E-state index in [1.807, 2.05) is 59.5 Å². The minimum atomic E-state index is -0.0657. The van der Waals surface area contributed by atoms with E-state index in [9.17, 15) is 4.79 Å². The van der Waals surface area contributed by atoms with Crippen molar-refractivity contribution in [2.24, 2.45) is 0 Å². The number of nitrogens with zero attached hydrogens (tertiary/aromatic N) is 1. The summed E-state index contributed by atoms with van der Waals surface area (Å²) in [4.78, 5) is 14.8. The van der Waals surface area contributed by atoms with Crippen molar-refractivity contribution in [1.82, 2.24) is 4.90 Å². The third-order valence-corrected chi connectivity index (χ3v) is 5.43. The number of fused-ring (bicyclic) bond motifs is 1. The van der Waals surface area contributed by atoms with Crippen molar-refractivity contribution in [3.8, 4) is 5.75 Å². The van der Waals surface area contributed by atoms with E-state index in [-0.39, 0.29) is 11.3 Å². The summed E-state index contributed by atoms with van der Waals surface area (Å²) in [5.41, 5.74) is 1.81. The molecule has 2 aromatic carbocycles. The van der Waals surface area contributed by atoms with E-state index in [2.05, 4.69) is 0 Å². The van der Waals surface area contributed by atoms with Crippen molar-refractivity contribution in [3.05, 3.63) is 65.9 Å². The van der Waals surface area contributed by atoms with Gasteiger partial charge in [0.25, 0.3) is 5.91 Å². The molecule has 2 heterocycles. The van der Waals surface area contributed by atoms with Gasteiger partial charge in [-0.2, -0.15) is 0 Å². The average molecular weight is 339 g/mol. The molecule has 1 aliphatic rings. The molecule has 3 aromatic rings. The molecule has 4 rings (SSSR count). The van der Waals surface area contributed by atoms with Crippen molar-refractivity contribution < 1.29 is 13.9 Å². The van der Waals surface area contributed by atoms with E-state index in [1.54, 1.807) is 18.9 Å². The predicted octanol–water partition coefficient (Wildman–Crippen LogP) is 4.33. The van der Waals surface area contributed by atoms with Gasteiger partial charge in [0.05, 0.1) is 7.11 Å². The number of carbonyl (C=O) groups excluding carboxylic acids is 1. The lowest BCUT2D eigenvalue weighted by Crippen LogP contribution is -2.30. The Balaban J connectivity index is 1.65. The van der Waals surface area contributed by atoms with Crippen LogP contribution in [-0.2, 0) is 0 Å². The number of rotatable bonds is 3. The molecule has 1 aliphatic heterocycles. The van der Waals surface area contributed by atoms with E-state index in [4.69, 9.17) is 9.15 Å². The third-order valence-electron chi connectivity index (χ3n) is 4.17. The number of furan rings is 1. The first-order chi connectivity index (χ1) is 11.8. The number of thioether (sulfide) groups is 1. The van der Waals surface area contributed by atoms with Crippen LogP contribution in [0.3, 0.4) is 0 Å². The van der Waals surface area contributed by atoms with Crippen LogP contribution in [-0.4, -0.2) is 30.2 Å². The van der Waals surface area contributed by atoms with Crippen LogP contribution in [0.25, 0.3) is 11.0 Å². The summed E-state index contributed by atoms with van der Waals surface area (Å²) in [6.07, 6.45) is 0. The van der Waals surface area contributed by atoms with Gasteiger partial charge < -0.3 is 14.1 Å². The molecule has 1 atom stereocenters. The van der Waals surface area contributed by atoms with E-state index >= 15 is 0 Å².